The van der Waals surface area contributed by atoms with Gasteiger partial charge in [-0.05, 0) is 0 Å². The van der Waals surface area contributed by atoms with Crippen LogP contribution in [0.15, 0.2) is 30.3 Å². The number of benzene rings is 2. The van der Waals surface area contributed by atoms with Crippen LogP contribution < -0.4 is 10.6 Å². The van der Waals surface area contributed by atoms with Crippen LogP contribution in [0.5, 0.6) is 0 Å². The van der Waals surface area contributed by atoms with Gasteiger partial charge in [0.25, 0.3) is 0 Å². The number of aryl methyl sites for hydroxylation is 4. The molecule has 0 spiro atoms. The molecule has 0 radical (unpaired) electrons. The van der Waals surface area contributed by atoms with Crippen molar-refractivity contribution in [3.05, 3.63) is 58.4 Å². The molecule has 0 aliphatic carbocycles. The third-order valence-electron chi connectivity index (χ3n) is 6.88. The summed E-state index contributed by atoms with van der Waals surface area (Å²) < 4.78 is 13.7. The molecule has 2 rings (SSSR count). The zero-order valence-corrected chi connectivity index (χ0v) is 21.5. The van der Waals surface area contributed by atoms with Gasteiger partial charge in [-0.3, -0.25) is 0 Å². The van der Waals surface area contributed by atoms with Gasteiger partial charge in [0.15, 0.2) is 0 Å². The van der Waals surface area contributed by atoms with Gasteiger partial charge in [-0.2, -0.15) is 0 Å². The summed E-state index contributed by atoms with van der Waals surface area (Å²) in [7, 11) is -2.29. The molecule has 0 fully saturated rings. The van der Waals surface area contributed by atoms with Gasteiger partial charge >= 0.3 is 192 Å². The van der Waals surface area contributed by atoms with Gasteiger partial charge in [0.05, 0.1) is 0 Å². The molecule has 176 valence electrons. The van der Waals surface area contributed by atoms with Crippen molar-refractivity contribution >= 4 is 30.5 Å². The topological polar surface area (TPSA) is 58.2 Å². The van der Waals surface area contributed by atoms with Crippen LogP contribution in [0, 0.1) is 33.5 Å². The molecule has 0 aromatic heterocycles. The van der Waals surface area contributed by atoms with Crippen LogP contribution in [-0.4, -0.2) is 36.0 Å². The SMILES string of the molecule is CCC(C(=O)Nc1c(C)cc(F)cc1C)[PH](CC)(CC)CC(=O)Nc1c(C)cccc1C. The van der Waals surface area contributed by atoms with E-state index in [4.69, 9.17) is 0 Å². The Morgan fingerprint density at radius 1 is 0.875 bits per heavy atom. The molecule has 0 bridgehead atoms. The quantitative estimate of drug-likeness (QED) is 0.438. The number of hydrogen-bond donors (Lipinski definition) is 2. The Morgan fingerprint density at radius 3 is 1.84 bits per heavy atom. The van der Waals surface area contributed by atoms with Crippen molar-refractivity contribution in [3.63, 3.8) is 0 Å². The van der Waals surface area contributed by atoms with Gasteiger partial charge < -0.3 is 0 Å². The molecule has 0 heterocycles. The molecule has 0 saturated carbocycles. The van der Waals surface area contributed by atoms with Gasteiger partial charge in [-0.1, -0.05) is 0 Å². The first-order valence-electron chi connectivity index (χ1n) is 11.5. The number of para-hydroxylation sites is 1. The molecule has 2 N–H and O–H groups in total. The second-order valence-electron chi connectivity index (χ2n) is 8.93. The first kappa shape index (κ1) is 26.0. The molecule has 2 aromatic rings. The maximum absolute atomic E-state index is 13.7. The van der Waals surface area contributed by atoms with Crippen molar-refractivity contribution in [1.82, 2.24) is 0 Å². The third-order valence-corrected chi connectivity index (χ3v) is 12.9. The minimum atomic E-state index is -2.29. The molecule has 0 saturated heterocycles. The predicted molar refractivity (Wildman–Crippen MR) is 137 cm³/mol. The third kappa shape index (κ3) is 5.75. The summed E-state index contributed by atoms with van der Waals surface area (Å²) in [5.74, 6) is -0.377. The number of halogens is 1. The van der Waals surface area contributed by atoms with Crippen LogP contribution in [0.1, 0.15) is 49.4 Å². The normalized spacial score (nSPS) is 12.9. The molecule has 6 heteroatoms. The van der Waals surface area contributed by atoms with Crippen molar-refractivity contribution in [2.45, 2.75) is 60.5 Å². The summed E-state index contributed by atoms with van der Waals surface area (Å²) in [6.07, 6.45) is 2.77. The number of amides is 2. The standard InChI is InChI=1S/C26H38FN2O2P/c1-8-22(26(31)29-25-19(6)14-21(27)15-20(25)7)32(9-2,10-3)16-23(30)28-24-17(4)12-11-13-18(24)5/h11-15,22,32H,8-10,16H2,1-7H3,(H,28,30)(H,29,31). The van der Waals surface area contributed by atoms with Crippen LogP contribution in [-0.2, 0) is 9.59 Å². The minimum absolute atomic E-state index is 0.0156. The summed E-state index contributed by atoms with van der Waals surface area (Å²) in [5.41, 5.74) is 4.81. The van der Waals surface area contributed by atoms with Crippen LogP contribution in [0.4, 0.5) is 15.8 Å². The van der Waals surface area contributed by atoms with Crippen LogP contribution in [0.3, 0.4) is 0 Å². The molecule has 0 aliphatic rings. The second kappa shape index (κ2) is 11.0. The Labute approximate surface area is 192 Å². The molecular formula is C26H38FN2O2P. The molecule has 2 amide bonds. The number of hydrogen-bond acceptors (Lipinski definition) is 2. The van der Waals surface area contributed by atoms with E-state index in [0.717, 1.165) is 29.1 Å². The predicted octanol–water partition coefficient (Wildman–Crippen LogP) is 6.20. The molecule has 4 nitrogen and oxygen atoms in total. The number of rotatable bonds is 9. The number of carbonyl (C=O) groups excluding carboxylic acids is 2. The van der Waals surface area contributed by atoms with Crippen LogP contribution >= 0.6 is 7.26 Å². The Balaban J connectivity index is 2.29. The van der Waals surface area contributed by atoms with E-state index in [1.54, 1.807) is 13.8 Å². The first-order valence-corrected chi connectivity index (χ1v) is 14.2. The fraction of sp³-hybridized carbons (Fsp3) is 0.462. The molecule has 0 aliphatic heterocycles. The van der Waals surface area contributed by atoms with E-state index in [-0.39, 0.29) is 23.3 Å². The van der Waals surface area contributed by atoms with E-state index in [9.17, 15) is 14.0 Å². The number of nitrogens with one attached hydrogen (secondary N) is 2. The van der Waals surface area contributed by atoms with Gasteiger partial charge in [0.1, 0.15) is 0 Å². The van der Waals surface area contributed by atoms with E-state index in [1.165, 1.54) is 12.1 Å². The summed E-state index contributed by atoms with van der Waals surface area (Å²) in [4.78, 5) is 26.6. The monoisotopic (exact) mass is 460 g/mol. The number of carbonyl (C=O) groups is 2. The average molecular weight is 461 g/mol. The number of anilines is 2. The van der Waals surface area contributed by atoms with E-state index < -0.39 is 7.26 Å². The molecular weight excluding hydrogens is 422 g/mol. The van der Waals surface area contributed by atoms with E-state index in [0.29, 0.717) is 29.4 Å². The van der Waals surface area contributed by atoms with Gasteiger partial charge in [0, 0.05) is 0 Å². The zero-order valence-electron chi connectivity index (χ0n) is 20.5. The van der Waals surface area contributed by atoms with Crippen molar-refractivity contribution in [2.24, 2.45) is 0 Å². The van der Waals surface area contributed by atoms with Gasteiger partial charge in [0.2, 0.25) is 0 Å². The summed E-state index contributed by atoms with van der Waals surface area (Å²) in [5, 5.41) is 6.19. The Morgan fingerprint density at radius 2 is 1.38 bits per heavy atom. The second-order valence-corrected chi connectivity index (χ2v) is 14.1. The zero-order chi connectivity index (χ0) is 24.1. The van der Waals surface area contributed by atoms with Gasteiger partial charge in [-0.25, -0.2) is 0 Å². The van der Waals surface area contributed by atoms with Crippen LogP contribution in [0.25, 0.3) is 0 Å². The maximum atomic E-state index is 13.7. The summed E-state index contributed by atoms with van der Waals surface area (Å²) in [6.45, 7) is 13.8. The van der Waals surface area contributed by atoms with E-state index in [2.05, 4.69) is 24.5 Å². The Kier molecular flexibility index (Phi) is 8.98. The molecule has 1 atom stereocenters. The van der Waals surface area contributed by atoms with E-state index in [1.807, 2.05) is 39.0 Å². The molecule has 32 heavy (non-hydrogen) atoms. The van der Waals surface area contributed by atoms with E-state index >= 15 is 0 Å². The van der Waals surface area contributed by atoms with Crippen LogP contribution in [0.2, 0.25) is 0 Å². The summed E-state index contributed by atoms with van der Waals surface area (Å²) >= 11 is 0. The van der Waals surface area contributed by atoms with Gasteiger partial charge in [-0.15, -0.1) is 0 Å². The van der Waals surface area contributed by atoms with Crippen molar-refractivity contribution in [3.8, 4) is 0 Å². The van der Waals surface area contributed by atoms with Crippen molar-refractivity contribution in [1.29, 1.82) is 0 Å². The Hall–Kier alpha value is -2.26. The summed E-state index contributed by atoms with van der Waals surface area (Å²) in [6, 6.07) is 8.83. The molecule has 1 unspecified atom stereocenters. The van der Waals surface area contributed by atoms with Crippen molar-refractivity contribution < 1.29 is 14.0 Å². The fourth-order valence-corrected chi connectivity index (χ4v) is 9.30. The molecule has 2 aromatic carbocycles. The Bertz CT molecular complexity index is 943. The average Bonchev–Trinajstić information content (AvgIpc) is 2.73. The van der Waals surface area contributed by atoms with Crippen molar-refractivity contribution in [2.75, 3.05) is 29.1 Å². The first-order chi connectivity index (χ1) is 15.1. The fourth-order valence-electron chi connectivity index (χ4n) is 4.85.